The molecular weight excluding hydrogens is 256 g/mol. The van der Waals surface area contributed by atoms with E-state index in [1.165, 1.54) is 0 Å². The highest BCUT2D eigenvalue weighted by atomic mass is 16.4. The molecule has 0 radical (unpaired) electrons. The molecule has 0 bridgehead atoms. The average molecular weight is 270 g/mol. The van der Waals surface area contributed by atoms with E-state index >= 15 is 0 Å². The van der Waals surface area contributed by atoms with Gasteiger partial charge in [0.2, 0.25) is 5.89 Å². The van der Waals surface area contributed by atoms with E-state index in [9.17, 15) is 0 Å². The summed E-state index contributed by atoms with van der Waals surface area (Å²) < 4.78 is 11.1. The van der Waals surface area contributed by atoms with Crippen molar-refractivity contribution >= 4 is 6.01 Å². The summed E-state index contributed by atoms with van der Waals surface area (Å²) in [6.07, 6.45) is 4.25. The van der Waals surface area contributed by atoms with Crippen LogP contribution < -0.4 is 5.32 Å². The Bertz CT molecular complexity index is 675. The third kappa shape index (κ3) is 2.69. The second-order valence-corrected chi connectivity index (χ2v) is 4.22. The van der Waals surface area contributed by atoms with Crippen molar-refractivity contribution in [1.29, 1.82) is 0 Å². The Morgan fingerprint density at radius 1 is 1.00 bits per heavy atom. The normalized spacial score (nSPS) is 10.7. The summed E-state index contributed by atoms with van der Waals surface area (Å²) in [6, 6.07) is 7.90. The van der Waals surface area contributed by atoms with E-state index in [0.717, 1.165) is 23.5 Å². The lowest BCUT2D eigenvalue weighted by Crippen LogP contribution is -1.98. The zero-order valence-electron chi connectivity index (χ0n) is 11.0. The van der Waals surface area contributed by atoms with Gasteiger partial charge in [0.1, 0.15) is 11.5 Å². The van der Waals surface area contributed by atoms with Gasteiger partial charge in [-0.15, -0.1) is 5.10 Å². The van der Waals surface area contributed by atoms with E-state index in [1.807, 2.05) is 24.3 Å². The molecule has 1 N–H and O–H groups in total. The van der Waals surface area contributed by atoms with Gasteiger partial charge in [-0.3, -0.25) is 4.98 Å². The minimum atomic E-state index is 0.367. The SMILES string of the molecule is CCc1ccc(CNc2nnc(-c3ccncc3)o2)o1. The molecule has 0 unspecified atom stereocenters. The predicted molar refractivity (Wildman–Crippen MR) is 72.9 cm³/mol. The van der Waals surface area contributed by atoms with Crippen LogP contribution >= 0.6 is 0 Å². The summed E-state index contributed by atoms with van der Waals surface area (Å²) in [4.78, 5) is 3.95. The van der Waals surface area contributed by atoms with Crippen LogP contribution in [0.3, 0.4) is 0 Å². The Morgan fingerprint density at radius 3 is 2.55 bits per heavy atom. The van der Waals surface area contributed by atoms with Crippen molar-refractivity contribution in [2.45, 2.75) is 19.9 Å². The van der Waals surface area contributed by atoms with E-state index in [-0.39, 0.29) is 0 Å². The fourth-order valence-electron chi connectivity index (χ4n) is 1.78. The second kappa shape index (κ2) is 5.56. The van der Waals surface area contributed by atoms with Crippen LogP contribution in [0.5, 0.6) is 0 Å². The number of hydrogen-bond donors (Lipinski definition) is 1. The Hall–Kier alpha value is -2.63. The lowest BCUT2D eigenvalue weighted by atomic mass is 10.3. The fourth-order valence-corrected chi connectivity index (χ4v) is 1.78. The van der Waals surface area contributed by atoms with E-state index in [0.29, 0.717) is 18.5 Å². The highest BCUT2D eigenvalue weighted by Crippen LogP contribution is 2.19. The monoisotopic (exact) mass is 270 g/mol. The zero-order valence-corrected chi connectivity index (χ0v) is 11.0. The minimum absolute atomic E-state index is 0.367. The number of anilines is 1. The van der Waals surface area contributed by atoms with Crippen molar-refractivity contribution in [2.24, 2.45) is 0 Å². The number of nitrogens with one attached hydrogen (secondary N) is 1. The van der Waals surface area contributed by atoms with E-state index in [1.54, 1.807) is 12.4 Å². The number of rotatable bonds is 5. The van der Waals surface area contributed by atoms with Crippen LogP contribution in [0, 0.1) is 0 Å². The van der Waals surface area contributed by atoms with Crippen LogP contribution in [0.2, 0.25) is 0 Å². The summed E-state index contributed by atoms with van der Waals surface area (Å²) in [5.41, 5.74) is 0.840. The van der Waals surface area contributed by atoms with Gasteiger partial charge in [-0.05, 0) is 24.3 Å². The van der Waals surface area contributed by atoms with Crippen molar-refractivity contribution in [3.8, 4) is 11.5 Å². The largest absolute Gasteiger partial charge is 0.464 e. The molecule has 3 aromatic rings. The highest BCUT2D eigenvalue weighted by molar-refractivity contribution is 5.51. The highest BCUT2D eigenvalue weighted by Gasteiger charge is 2.08. The molecule has 0 fully saturated rings. The maximum absolute atomic E-state index is 5.59. The minimum Gasteiger partial charge on any atom is -0.464 e. The molecule has 0 saturated heterocycles. The number of nitrogens with zero attached hydrogens (tertiary/aromatic N) is 3. The van der Waals surface area contributed by atoms with Crippen molar-refractivity contribution < 1.29 is 8.83 Å². The smallest absolute Gasteiger partial charge is 0.316 e. The van der Waals surface area contributed by atoms with Gasteiger partial charge in [-0.25, -0.2) is 0 Å². The first-order valence-corrected chi connectivity index (χ1v) is 6.40. The van der Waals surface area contributed by atoms with Crippen LogP contribution in [0.4, 0.5) is 6.01 Å². The standard InChI is InChI=1S/C14H14N4O2/c1-2-11-3-4-12(19-11)9-16-14-18-17-13(20-14)10-5-7-15-8-6-10/h3-8H,2,9H2,1H3,(H,16,18). The van der Waals surface area contributed by atoms with Gasteiger partial charge in [0.15, 0.2) is 0 Å². The summed E-state index contributed by atoms with van der Waals surface area (Å²) in [6.45, 7) is 2.56. The topological polar surface area (TPSA) is 77.0 Å². The summed E-state index contributed by atoms with van der Waals surface area (Å²) in [5, 5.41) is 11.0. The molecule has 0 aliphatic heterocycles. The molecule has 0 aliphatic carbocycles. The molecule has 0 saturated carbocycles. The molecule has 0 aliphatic rings. The molecule has 6 nitrogen and oxygen atoms in total. The number of hydrogen-bond acceptors (Lipinski definition) is 6. The lowest BCUT2D eigenvalue weighted by Gasteiger charge is -1.97. The number of pyridine rings is 1. The molecule has 0 amide bonds. The summed E-state index contributed by atoms with van der Waals surface area (Å²) >= 11 is 0. The van der Waals surface area contributed by atoms with Gasteiger partial charge >= 0.3 is 6.01 Å². The molecule has 3 aromatic heterocycles. The first kappa shape index (κ1) is 12.4. The Morgan fingerprint density at radius 2 is 1.80 bits per heavy atom. The average Bonchev–Trinajstić information content (AvgIpc) is 3.15. The maximum Gasteiger partial charge on any atom is 0.316 e. The summed E-state index contributed by atoms with van der Waals surface area (Å²) in [5.74, 6) is 2.26. The lowest BCUT2D eigenvalue weighted by molar-refractivity contribution is 0.472. The second-order valence-electron chi connectivity index (χ2n) is 4.22. The number of aromatic nitrogens is 3. The van der Waals surface area contributed by atoms with Gasteiger partial charge in [-0.1, -0.05) is 12.0 Å². The molecule has 102 valence electrons. The molecule has 3 rings (SSSR count). The first-order chi connectivity index (χ1) is 9.85. The third-order valence-electron chi connectivity index (χ3n) is 2.83. The molecule has 3 heterocycles. The van der Waals surface area contributed by atoms with Crippen molar-refractivity contribution in [2.75, 3.05) is 5.32 Å². The Kier molecular flexibility index (Phi) is 3.45. The van der Waals surface area contributed by atoms with Gasteiger partial charge in [0.25, 0.3) is 0 Å². The molecule has 6 heteroatoms. The van der Waals surface area contributed by atoms with Crippen LogP contribution in [0.15, 0.2) is 45.5 Å². The first-order valence-electron chi connectivity index (χ1n) is 6.40. The Balaban J connectivity index is 1.65. The van der Waals surface area contributed by atoms with E-state index < -0.39 is 0 Å². The number of aryl methyl sites for hydroxylation is 1. The van der Waals surface area contributed by atoms with Crippen LogP contribution in [-0.2, 0) is 13.0 Å². The summed E-state index contributed by atoms with van der Waals surface area (Å²) in [7, 11) is 0. The zero-order chi connectivity index (χ0) is 13.8. The van der Waals surface area contributed by atoms with E-state index in [2.05, 4.69) is 27.4 Å². The van der Waals surface area contributed by atoms with Crippen molar-refractivity contribution in [3.63, 3.8) is 0 Å². The quantitative estimate of drug-likeness (QED) is 0.768. The Labute approximate surface area is 115 Å². The van der Waals surface area contributed by atoms with Crippen LogP contribution in [0.1, 0.15) is 18.4 Å². The fraction of sp³-hybridized carbons (Fsp3) is 0.214. The maximum atomic E-state index is 5.59. The third-order valence-corrected chi connectivity index (χ3v) is 2.83. The molecule has 0 spiro atoms. The molecule has 20 heavy (non-hydrogen) atoms. The van der Waals surface area contributed by atoms with Crippen molar-refractivity contribution in [3.05, 3.63) is 48.2 Å². The van der Waals surface area contributed by atoms with Crippen molar-refractivity contribution in [1.82, 2.24) is 15.2 Å². The molecular formula is C14H14N4O2. The van der Waals surface area contributed by atoms with E-state index in [4.69, 9.17) is 8.83 Å². The molecule has 0 atom stereocenters. The number of furan rings is 1. The van der Waals surface area contributed by atoms with Crippen LogP contribution in [-0.4, -0.2) is 15.2 Å². The van der Waals surface area contributed by atoms with Gasteiger partial charge in [0, 0.05) is 24.4 Å². The molecule has 0 aromatic carbocycles. The van der Waals surface area contributed by atoms with Crippen LogP contribution in [0.25, 0.3) is 11.5 Å². The van der Waals surface area contributed by atoms with Gasteiger partial charge in [-0.2, -0.15) is 0 Å². The van der Waals surface area contributed by atoms with Gasteiger partial charge < -0.3 is 14.2 Å². The predicted octanol–water partition coefficient (Wildman–Crippen LogP) is 2.90. The van der Waals surface area contributed by atoms with Gasteiger partial charge in [0.05, 0.1) is 6.54 Å².